The standard InChI is InChI=1S/C18H22N2O2/c1-12-9-17(12)18-8-7-16(22-18)11-19-10-14-3-5-15(6-4-14)20-13(2)21/h3-8,12,17,19H,9-11H2,1-2H3,(H,20,21)/t12-,17-/m1/s1. The van der Waals surface area contributed by atoms with E-state index in [0.717, 1.165) is 36.2 Å². The smallest absolute Gasteiger partial charge is 0.221 e. The summed E-state index contributed by atoms with van der Waals surface area (Å²) in [6.07, 6.45) is 1.25. The minimum atomic E-state index is -0.0514. The molecule has 1 aromatic heterocycles. The van der Waals surface area contributed by atoms with Crippen LogP contribution in [0.5, 0.6) is 0 Å². The number of carbonyl (C=O) groups is 1. The molecular formula is C18H22N2O2. The van der Waals surface area contributed by atoms with Crippen molar-refractivity contribution in [3.05, 3.63) is 53.5 Å². The monoisotopic (exact) mass is 298 g/mol. The van der Waals surface area contributed by atoms with Crippen molar-refractivity contribution in [2.24, 2.45) is 5.92 Å². The van der Waals surface area contributed by atoms with Crippen LogP contribution in [0.25, 0.3) is 0 Å². The van der Waals surface area contributed by atoms with Gasteiger partial charge >= 0.3 is 0 Å². The van der Waals surface area contributed by atoms with E-state index in [4.69, 9.17) is 4.42 Å². The molecule has 2 aromatic rings. The van der Waals surface area contributed by atoms with Crippen LogP contribution in [-0.2, 0) is 17.9 Å². The van der Waals surface area contributed by atoms with Gasteiger partial charge in [0.1, 0.15) is 11.5 Å². The van der Waals surface area contributed by atoms with Crippen molar-refractivity contribution < 1.29 is 9.21 Å². The fourth-order valence-electron chi connectivity index (χ4n) is 2.65. The summed E-state index contributed by atoms with van der Waals surface area (Å²) in [5.41, 5.74) is 2.00. The Morgan fingerprint density at radius 1 is 1.18 bits per heavy atom. The summed E-state index contributed by atoms with van der Waals surface area (Å²) in [6, 6.07) is 12.0. The maximum absolute atomic E-state index is 11.0. The number of benzene rings is 1. The molecule has 1 saturated carbocycles. The quantitative estimate of drug-likeness (QED) is 0.856. The van der Waals surface area contributed by atoms with Crippen LogP contribution >= 0.6 is 0 Å². The molecule has 1 fully saturated rings. The number of amides is 1. The maximum Gasteiger partial charge on any atom is 0.221 e. The van der Waals surface area contributed by atoms with Gasteiger partial charge in [-0.15, -0.1) is 0 Å². The van der Waals surface area contributed by atoms with Crippen molar-refractivity contribution >= 4 is 11.6 Å². The van der Waals surface area contributed by atoms with Gasteiger partial charge in [0.15, 0.2) is 0 Å². The number of rotatable bonds is 6. The number of hydrogen-bond donors (Lipinski definition) is 2. The summed E-state index contributed by atoms with van der Waals surface area (Å²) >= 11 is 0. The summed E-state index contributed by atoms with van der Waals surface area (Å²) in [5, 5.41) is 6.14. The highest BCUT2D eigenvalue weighted by atomic mass is 16.3. The van der Waals surface area contributed by atoms with Gasteiger partial charge in [0.25, 0.3) is 0 Å². The Morgan fingerprint density at radius 2 is 1.91 bits per heavy atom. The molecule has 0 radical (unpaired) electrons. The van der Waals surface area contributed by atoms with Crippen LogP contribution in [0.1, 0.15) is 43.3 Å². The zero-order valence-electron chi connectivity index (χ0n) is 13.1. The number of hydrogen-bond acceptors (Lipinski definition) is 3. The van der Waals surface area contributed by atoms with E-state index in [1.165, 1.54) is 18.9 Å². The molecule has 0 spiro atoms. The van der Waals surface area contributed by atoms with Crippen molar-refractivity contribution in [2.45, 2.75) is 39.3 Å². The fourth-order valence-corrected chi connectivity index (χ4v) is 2.65. The normalized spacial score (nSPS) is 19.9. The zero-order chi connectivity index (χ0) is 15.5. The van der Waals surface area contributed by atoms with Crippen LogP contribution in [0, 0.1) is 5.92 Å². The van der Waals surface area contributed by atoms with Gasteiger partial charge in [-0.05, 0) is 42.2 Å². The number of nitrogens with one attached hydrogen (secondary N) is 2. The number of anilines is 1. The van der Waals surface area contributed by atoms with E-state index in [1.807, 2.05) is 24.3 Å². The molecule has 2 N–H and O–H groups in total. The zero-order valence-corrected chi connectivity index (χ0v) is 13.1. The molecule has 3 rings (SSSR count). The van der Waals surface area contributed by atoms with Gasteiger partial charge < -0.3 is 15.1 Å². The van der Waals surface area contributed by atoms with E-state index in [9.17, 15) is 4.79 Å². The molecule has 0 bridgehead atoms. The second-order valence-electron chi connectivity index (χ2n) is 6.11. The predicted molar refractivity (Wildman–Crippen MR) is 86.5 cm³/mol. The molecule has 1 heterocycles. The van der Waals surface area contributed by atoms with E-state index in [2.05, 4.69) is 29.7 Å². The highest BCUT2D eigenvalue weighted by Crippen LogP contribution is 2.47. The van der Waals surface area contributed by atoms with E-state index in [-0.39, 0.29) is 5.91 Å². The summed E-state index contributed by atoms with van der Waals surface area (Å²) in [6.45, 7) is 5.27. The predicted octanol–water partition coefficient (Wildman–Crippen LogP) is 3.65. The van der Waals surface area contributed by atoms with Crippen molar-refractivity contribution in [1.29, 1.82) is 0 Å². The minimum Gasteiger partial charge on any atom is -0.464 e. The van der Waals surface area contributed by atoms with Crippen molar-refractivity contribution in [1.82, 2.24) is 5.32 Å². The van der Waals surface area contributed by atoms with Gasteiger partial charge in [0, 0.05) is 25.1 Å². The molecule has 0 unspecified atom stereocenters. The molecule has 1 aromatic carbocycles. The van der Waals surface area contributed by atoms with Gasteiger partial charge in [0.2, 0.25) is 5.91 Å². The second kappa shape index (κ2) is 6.36. The molecule has 0 aliphatic heterocycles. The Kier molecular flexibility index (Phi) is 4.29. The summed E-state index contributed by atoms with van der Waals surface area (Å²) in [5.74, 6) is 3.47. The molecule has 4 nitrogen and oxygen atoms in total. The molecule has 0 saturated heterocycles. The molecular weight excluding hydrogens is 276 g/mol. The lowest BCUT2D eigenvalue weighted by Gasteiger charge is -2.05. The van der Waals surface area contributed by atoms with Crippen LogP contribution < -0.4 is 10.6 Å². The van der Waals surface area contributed by atoms with Crippen LogP contribution in [0.4, 0.5) is 5.69 Å². The van der Waals surface area contributed by atoms with Crippen molar-refractivity contribution in [2.75, 3.05) is 5.32 Å². The Morgan fingerprint density at radius 3 is 2.55 bits per heavy atom. The van der Waals surface area contributed by atoms with E-state index < -0.39 is 0 Å². The average molecular weight is 298 g/mol. The first-order chi connectivity index (χ1) is 10.6. The Hall–Kier alpha value is -2.07. The van der Waals surface area contributed by atoms with Gasteiger partial charge in [-0.25, -0.2) is 0 Å². The van der Waals surface area contributed by atoms with Gasteiger partial charge in [-0.2, -0.15) is 0 Å². The lowest BCUT2D eigenvalue weighted by atomic mass is 10.2. The summed E-state index contributed by atoms with van der Waals surface area (Å²) < 4.78 is 5.87. The third kappa shape index (κ3) is 3.77. The van der Waals surface area contributed by atoms with Crippen molar-refractivity contribution in [3.63, 3.8) is 0 Å². The fraction of sp³-hybridized carbons (Fsp3) is 0.389. The lowest BCUT2D eigenvalue weighted by molar-refractivity contribution is -0.114. The van der Waals surface area contributed by atoms with E-state index in [1.54, 1.807) is 0 Å². The lowest BCUT2D eigenvalue weighted by Crippen LogP contribution is -2.12. The molecule has 1 aliphatic carbocycles. The van der Waals surface area contributed by atoms with E-state index in [0.29, 0.717) is 5.92 Å². The first-order valence-electron chi connectivity index (χ1n) is 7.77. The Labute approximate surface area is 130 Å². The number of furan rings is 1. The first-order valence-corrected chi connectivity index (χ1v) is 7.77. The molecule has 1 amide bonds. The summed E-state index contributed by atoms with van der Waals surface area (Å²) in [4.78, 5) is 11.0. The Bertz CT molecular complexity index is 645. The van der Waals surface area contributed by atoms with Crippen LogP contribution in [0.3, 0.4) is 0 Å². The second-order valence-corrected chi connectivity index (χ2v) is 6.11. The van der Waals surface area contributed by atoms with Crippen molar-refractivity contribution in [3.8, 4) is 0 Å². The molecule has 2 atom stereocenters. The average Bonchev–Trinajstić information content (AvgIpc) is 3.03. The van der Waals surface area contributed by atoms with Crippen LogP contribution in [0.15, 0.2) is 40.8 Å². The third-order valence-corrected chi connectivity index (χ3v) is 4.06. The minimum absolute atomic E-state index is 0.0514. The number of carbonyl (C=O) groups excluding carboxylic acids is 1. The van der Waals surface area contributed by atoms with E-state index >= 15 is 0 Å². The maximum atomic E-state index is 11.0. The van der Waals surface area contributed by atoms with Gasteiger partial charge in [-0.3, -0.25) is 4.79 Å². The van der Waals surface area contributed by atoms with Crippen LogP contribution in [-0.4, -0.2) is 5.91 Å². The van der Waals surface area contributed by atoms with Gasteiger partial charge in [0.05, 0.1) is 6.54 Å². The molecule has 116 valence electrons. The highest BCUT2D eigenvalue weighted by molar-refractivity contribution is 5.88. The van der Waals surface area contributed by atoms with Gasteiger partial charge in [-0.1, -0.05) is 19.1 Å². The first kappa shape index (κ1) is 14.9. The largest absolute Gasteiger partial charge is 0.464 e. The summed E-state index contributed by atoms with van der Waals surface area (Å²) in [7, 11) is 0. The SMILES string of the molecule is CC(=O)Nc1ccc(CNCc2ccc([C@@H]3C[C@H]3C)o2)cc1. The molecule has 4 heteroatoms. The topological polar surface area (TPSA) is 54.3 Å². The molecule has 1 aliphatic rings. The van der Waals surface area contributed by atoms with Crippen LogP contribution in [0.2, 0.25) is 0 Å². The Balaban J connectivity index is 1.46. The third-order valence-electron chi connectivity index (χ3n) is 4.06. The molecule has 22 heavy (non-hydrogen) atoms. The highest BCUT2D eigenvalue weighted by Gasteiger charge is 2.36.